The standard InChI is InChI=1S/C13H15F3N4/c1-2-7-20-12(18-9-19-20)8-17-11-6-4-3-5-10(11)13(14,15)16/h3-6,9,17H,2,7-8H2,1H3. The van der Waals surface area contributed by atoms with E-state index in [1.807, 2.05) is 6.92 Å². The molecule has 0 spiro atoms. The smallest absolute Gasteiger partial charge is 0.377 e. The van der Waals surface area contributed by atoms with Gasteiger partial charge in [-0.15, -0.1) is 0 Å². The highest BCUT2D eigenvalue weighted by molar-refractivity contribution is 5.52. The molecule has 0 bridgehead atoms. The summed E-state index contributed by atoms with van der Waals surface area (Å²) < 4.78 is 40.2. The Bertz CT molecular complexity index is 563. The van der Waals surface area contributed by atoms with Gasteiger partial charge < -0.3 is 5.32 Å². The number of alkyl halides is 3. The Balaban J connectivity index is 2.13. The molecule has 0 aliphatic heterocycles. The fraction of sp³-hybridized carbons (Fsp3) is 0.385. The third-order valence-electron chi connectivity index (χ3n) is 2.80. The molecule has 1 heterocycles. The Morgan fingerprint density at radius 2 is 2.00 bits per heavy atom. The quantitative estimate of drug-likeness (QED) is 0.916. The summed E-state index contributed by atoms with van der Waals surface area (Å²) in [6, 6.07) is 5.39. The Kier molecular flexibility index (Phi) is 4.26. The molecule has 0 aliphatic carbocycles. The van der Waals surface area contributed by atoms with Gasteiger partial charge in [0.2, 0.25) is 0 Å². The van der Waals surface area contributed by atoms with Crippen LogP contribution in [0.2, 0.25) is 0 Å². The van der Waals surface area contributed by atoms with Gasteiger partial charge in [-0.2, -0.15) is 18.3 Å². The van der Waals surface area contributed by atoms with Crippen LogP contribution in [0.25, 0.3) is 0 Å². The van der Waals surface area contributed by atoms with Gasteiger partial charge in [-0.3, -0.25) is 0 Å². The van der Waals surface area contributed by atoms with E-state index in [0.717, 1.165) is 12.5 Å². The van der Waals surface area contributed by atoms with Gasteiger partial charge in [0, 0.05) is 12.2 Å². The zero-order valence-corrected chi connectivity index (χ0v) is 11.0. The topological polar surface area (TPSA) is 42.7 Å². The number of rotatable bonds is 5. The summed E-state index contributed by atoms with van der Waals surface area (Å²) in [4.78, 5) is 4.05. The predicted octanol–water partition coefficient (Wildman–Crippen LogP) is 3.32. The van der Waals surface area contributed by atoms with Gasteiger partial charge in [0.25, 0.3) is 0 Å². The highest BCUT2D eigenvalue weighted by Gasteiger charge is 2.33. The third kappa shape index (κ3) is 3.28. The van der Waals surface area contributed by atoms with Gasteiger partial charge in [-0.1, -0.05) is 19.1 Å². The monoisotopic (exact) mass is 284 g/mol. The molecule has 0 saturated heterocycles. The molecule has 0 saturated carbocycles. The lowest BCUT2D eigenvalue weighted by atomic mass is 10.1. The molecule has 20 heavy (non-hydrogen) atoms. The van der Waals surface area contributed by atoms with Crippen molar-refractivity contribution in [3.8, 4) is 0 Å². The number of para-hydroxylation sites is 1. The zero-order chi connectivity index (χ0) is 14.6. The number of anilines is 1. The number of hydrogen-bond donors (Lipinski definition) is 1. The Morgan fingerprint density at radius 3 is 2.70 bits per heavy atom. The summed E-state index contributed by atoms with van der Waals surface area (Å²) in [6.45, 7) is 2.89. The first-order valence-electron chi connectivity index (χ1n) is 6.29. The van der Waals surface area contributed by atoms with Crippen LogP contribution >= 0.6 is 0 Å². The first-order chi connectivity index (χ1) is 9.52. The number of nitrogens with zero attached hydrogens (tertiary/aromatic N) is 3. The minimum absolute atomic E-state index is 0.0473. The Labute approximate surface area is 114 Å². The van der Waals surface area contributed by atoms with E-state index >= 15 is 0 Å². The Morgan fingerprint density at radius 1 is 1.25 bits per heavy atom. The second-order valence-electron chi connectivity index (χ2n) is 4.30. The number of aromatic nitrogens is 3. The second-order valence-corrected chi connectivity index (χ2v) is 4.30. The van der Waals surface area contributed by atoms with E-state index in [4.69, 9.17) is 0 Å². The van der Waals surface area contributed by atoms with E-state index in [-0.39, 0.29) is 12.2 Å². The first kappa shape index (κ1) is 14.4. The molecule has 1 aromatic carbocycles. The summed E-state index contributed by atoms with van der Waals surface area (Å²) in [6.07, 6.45) is -2.08. The summed E-state index contributed by atoms with van der Waals surface area (Å²) >= 11 is 0. The number of halogens is 3. The lowest BCUT2D eigenvalue weighted by Crippen LogP contribution is -2.13. The maximum absolute atomic E-state index is 12.8. The summed E-state index contributed by atoms with van der Waals surface area (Å²) in [7, 11) is 0. The normalized spacial score (nSPS) is 11.6. The molecule has 4 nitrogen and oxygen atoms in total. The minimum atomic E-state index is -4.37. The van der Waals surface area contributed by atoms with Crippen LogP contribution in [0.15, 0.2) is 30.6 Å². The van der Waals surface area contributed by atoms with Gasteiger partial charge in [-0.05, 0) is 18.6 Å². The van der Waals surface area contributed by atoms with Crippen LogP contribution in [0.5, 0.6) is 0 Å². The molecule has 2 aromatic rings. The van der Waals surface area contributed by atoms with Crippen LogP contribution in [0.3, 0.4) is 0 Å². The number of aryl methyl sites for hydroxylation is 1. The highest BCUT2D eigenvalue weighted by Crippen LogP contribution is 2.34. The first-order valence-corrected chi connectivity index (χ1v) is 6.29. The van der Waals surface area contributed by atoms with Crippen LogP contribution in [-0.4, -0.2) is 14.8 Å². The van der Waals surface area contributed by atoms with Crippen molar-refractivity contribution in [2.75, 3.05) is 5.32 Å². The number of hydrogen-bond acceptors (Lipinski definition) is 3. The van der Waals surface area contributed by atoms with Gasteiger partial charge in [0.1, 0.15) is 12.2 Å². The molecule has 0 unspecified atom stereocenters. The molecule has 2 rings (SSSR count). The van der Waals surface area contributed by atoms with Crippen molar-refractivity contribution in [1.29, 1.82) is 0 Å². The fourth-order valence-electron chi connectivity index (χ4n) is 1.88. The molecule has 1 aromatic heterocycles. The number of nitrogens with one attached hydrogen (secondary N) is 1. The zero-order valence-electron chi connectivity index (χ0n) is 11.0. The van der Waals surface area contributed by atoms with Crippen molar-refractivity contribution in [2.45, 2.75) is 32.6 Å². The molecular formula is C13H15F3N4. The maximum Gasteiger partial charge on any atom is 0.418 e. The molecule has 7 heteroatoms. The van der Waals surface area contributed by atoms with E-state index in [9.17, 15) is 13.2 Å². The molecule has 0 aliphatic rings. The highest BCUT2D eigenvalue weighted by atomic mass is 19.4. The summed E-state index contributed by atoms with van der Waals surface area (Å²) in [5, 5.41) is 6.81. The second kappa shape index (κ2) is 5.94. The van der Waals surface area contributed by atoms with Gasteiger partial charge in [0.15, 0.2) is 0 Å². The van der Waals surface area contributed by atoms with Crippen molar-refractivity contribution in [3.05, 3.63) is 42.0 Å². The molecule has 0 atom stereocenters. The van der Waals surface area contributed by atoms with E-state index < -0.39 is 11.7 Å². The third-order valence-corrected chi connectivity index (χ3v) is 2.80. The van der Waals surface area contributed by atoms with Gasteiger partial charge in [0.05, 0.1) is 12.1 Å². The average Bonchev–Trinajstić information content (AvgIpc) is 2.83. The van der Waals surface area contributed by atoms with E-state index in [1.54, 1.807) is 10.7 Å². The van der Waals surface area contributed by atoms with Crippen LogP contribution < -0.4 is 5.32 Å². The maximum atomic E-state index is 12.8. The van der Waals surface area contributed by atoms with Crippen LogP contribution in [0.1, 0.15) is 24.7 Å². The van der Waals surface area contributed by atoms with Crippen molar-refractivity contribution in [3.63, 3.8) is 0 Å². The summed E-state index contributed by atoms with van der Waals surface area (Å²) in [5.41, 5.74) is -0.632. The van der Waals surface area contributed by atoms with Crippen LogP contribution in [-0.2, 0) is 19.3 Å². The van der Waals surface area contributed by atoms with Crippen molar-refractivity contribution >= 4 is 5.69 Å². The largest absolute Gasteiger partial charge is 0.418 e. The SMILES string of the molecule is CCCn1ncnc1CNc1ccccc1C(F)(F)F. The van der Waals surface area contributed by atoms with Gasteiger partial charge >= 0.3 is 6.18 Å². The van der Waals surface area contributed by atoms with Crippen molar-refractivity contribution < 1.29 is 13.2 Å². The Hall–Kier alpha value is -2.05. The van der Waals surface area contributed by atoms with Crippen LogP contribution in [0, 0.1) is 0 Å². The molecule has 0 radical (unpaired) electrons. The lowest BCUT2D eigenvalue weighted by Gasteiger charge is -2.14. The molecule has 1 N–H and O–H groups in total. The van der Waals surface area contributed by atoms with Gasteiger partial charge in [-0.25, -0.2) is 9.67 Å². The minimum Gasteiger partial charge on any atom is -0.377 e. The van der Waals surface area contributed by atoms with Crippen molar-refractivity contribution in [2.24, 2.45) is 0 Å². The summed E-state index contributed by atoms with van der Waals surface area (Å²) in [5.74, 6) is 0.615. The predicted molar refractivity (Wildman–Crippen MR) is 69.1 cm³/mol. The molecular weight excluding hydrogens is 269 g/mol. The van der Waals surface area contributed by atoms with E-state index in [1.165, 1.54) is 18.5 Å². The molecule has 0 amide bonds. The van der Waals surface area contributed by atoms with E-state index in [2.05, 4.69) is 15.4 Å². The number of benzene rings is 1. The lowest BCUT2D eigenvalue weighted by molar-refractivity contribution is -0.137. The van der Waals surface area contributed by atoms with Crippen molar-refractivity contribution in [1.82, 2.24) is 14.8 Å². The average molecular weight is 284 g/mol. The molecule has 0 fully saturated rings. The van der Waals surface area contributed by atoms with Crippen LogP contribution in [0.4, 0.5) is 18.9 Å². The molecule has 108 valence electrons. The van der Waals surface area contributed by atoms with E-state index in [0.29, 0.717) is 12.4 Å². The fourth-order valence-corrected chi connectivity index (χ4v) is 1.88.